The van der Waals surface area contributed by atoms with Crippen molar-refractivity contribution in [3.8, 4) is 5.69 Å². The second kappa shape index (κ2) is 7.87. The predicted molar refractivity (Wildman–Crippen MR) is 108 cm³/mol. The Balaban J connectivity index is 1.50. The number of halogens is 1. The molecule has 2 aromatic heterocycles. The van der Waals surface area contributed by atoms with Crippen LogP contribution in [0.25, 0.3) is 5.69 Å². The van der Waals surface area contributed by atoms with Crippen molar-refractivity contribution in [1.82, 2.24) is 25.2 Å². The average Bonchev–Trinajstić information content (AvgIpc) is 3.32. The minimum absolute atomic E-state index is 0.238. The van der Waals surface area contributed by atoms with E-state index in [1.165, 1.54) is 22.3 Å². The van der Waals surface area contributed by atoms with Gasteiger partial charge >= 0.3 is 0 Å². The highest BCUT2D eigenvalue weighted by Gasteiger charge is 2.13. The molecule has 2 heterocycles. The van der Waals surface area contributed by atoms with Crippen LogP contribution in [0.15, 0.2) is 54.9 Å². The van der Waals surface area contributed by atoms with Crippen molar-refractivity contribution < 1.29 is 4.79 Å². The number of carbonyl (C=O) groups excluding carboxylic acids is 1. The number of nitrogens with zero attached hydrogens (tertiary/aromatic N) is 5. The van der Waals surface area contributed by atoms with E-state index in [1.54, 1.807) is 18.2 Å². The zero-order valence-corrected chi connectivity index (χ0v) is 16.4. The minimum atomic E-state index is -0.238. The maximum absolute atomic E-state index is 12.6. The fraction of sp³-hybridized carbons (Fsp3) is 0.105. The summed E-state index contributed by atoms with van der Waals surface area (Å²) in [6.45, 7) is 1.93. The van der Waals surface area contributed by atoms with Crippen molar-refractivity contribution in [2.24, 2.45) is 0 Å². The van der Waals surface area contributed by atoms with Gasteiger partial charge < -0.3 is 0 Å². The third-order valence-electron chi connectivity index (χ3n) is 4.09. The van der Waals surface area contributed by atoms with Crippen LogP contribution in [-0.4, -0.2) is 31.1 Å². The lowest BCUT2D eigenvalue weighted by Crippen LogP contribution is -2.12. The van der Waals surface area contributed by atoms with Crippen molar-refractivity contribution in [2.45, 2.75) is 13.3 Å². The molecule has 1 N–H and O–H groups in total. The lowest BCUT2D eigenvalue weighted by molar-refractivity contribution is 0.102. The van der Waals surface area contributed by atoms with Gasteiger partial charge in [0.2, 0.25) is 0 Å². The van der Waals surface area contributed by atoms with E-state index in [4.69, 9.17) is 11.6 Å². The van der Waals surface area contributed by atoms with Crippen molar-refractivity contribution in [1.29, 1.82) is 0 Å². The molecule has 0 fully saturated rings. The van der Waals surface area contributed by atoms with Gasteiger partial charge in [-0.3, -0.25) is 10.1 Å². The molecule has 0 saturated carbocycles. The fourth-order valence-corrected chi connectivity index (χ4v) is 3.92. The van der Waals surface area contributed by atoms with E-state index >= 15 is 0 Å². The Morgan fingerprint density at radius 2 is 2.07 bits per heavy atom. The second-order valence-corrected chi connectivity index (χ2v) is 7.61. The Hall–Kier alpha value is -3.10. The summed E-state index contributed by atoms with van der Waals surface area (Å²) in [4.78, 5) is 18.2. The molecule has 1 amide bonds. The van der Waals surface area contributed by atoms with Crippen molar-refractivity contribution in [3.05, 3.63) is 81.6 Å². The number of amides is 1. The van der Waals surface area contributed by atoms with Crippen LogP contribution in [0.3, 0.4) is 0 Å². The number of benzene rings is 2. The number of hydrogen-bond acceptors (Lipinski definition) is 6. The number of aryl methyl sites for hydroxylation is 1. The summed E-state index contributed by atoms with van der Waals surface area (Å²) in [5.41, 5.74) is 3.20. The maximum Gasteiger partial charge on any atom is 0.257 e. The highest BCUT2D eigenvalue weighted by Crippen LogP contribution is 2.26. The molecule has 4 rings (SSSR count). The van der Waals surface area contributed by atoms with Gasteiger partial charge in [-0.15, -0.1) is 16.4 Å². The number of nitrogens with one attached hydrogen (secondary N) is 1. The number of thiazole rings is 1. The predicted octanol–water partition coefficient (Wildman–Crippen LogP) is 3.92. The van der Waals surface area contributed by atoms with Gasteiger partial charge in [0.1, 0.15) is 6.33 Å². The molecule has 28 heavy (non-hydrogen) atoms. The molecule has 0 aliphatic rings. The standard InChI is InChI=1S/C19H15ClN6OS/c1-12-17(9-13-4-2-6-15(20)8-13)28-19(22-12)23-18(27)14-5-3-7-16(10-14)26-11-21-24-25-26/h2-8,10-11H,9H2,1H3,(H,22,23,27). The normalized spacial score (nSPS) is 10.8. The summed E-state index contributed by atoms with van der Waals surface area (Å²) in [6, 6.07) is 14.8. The van der Waals surface area contributed by atoms with Crippen LogP contribution < -0.4 is 5.32 Å². The van der Waals surface area contributed by atoms with Gasteiger partial charge in [0.05, 0.1) is 11.4 Å². The summed E-state index contributed by atoms with van der Waals surface area (Å²) in [6.07, 6.45) is 2.19. The van der Waals surface area contributed by atoms with Crippen LogP contribution in [0.4, 0.5) is 5.13 Å². The molecule has 7 nitrogen and oxygen atoms in total. The average molecular weight is 411 g/mol. The zero-order valence-electron chi connectivity index (χ0n) is 14.8. The quantitative estimate of drug-likeness (QED) is 0.538. The topological polar surface area (TPSA) is 85.6 Å². The van der Waals surface area contributed by atoms with Crippen LogP contribution in [0, 0.1) is 6.92 Å². The highest BCUT2D eigenvalue weighted by atomic mass is 35.5. The van der Waals surface area contributed by atoms with Crippen molar-refractivity contribution in [3.63, 3.8) is 0 Å². The lowest BCUT2D eigenvalue weighted by atomic mass is 10.1. The molecular formula is C19H15ClN6OS. The zero-order chi connectivity index (χ0) is 19.5. The van der Waals surface area contributed by atoms with Gasteiger partial charge in [-0.2, -0.15) is 0 Å². The van der Waals surface area contributed by atoms with Crippen molar-refractivity contribution >= 4 is 34.0 Å². The van der Waals surface area contributed by atoms with E-state index in [-0.39, 0.29) is 5.91 Å². The first-order valence-electron chi connectivity index (χ1n) is 8.44. The van der Waals surface area contributed by atoms with Crippen molar-refractivity contribution in [2.75, 3.05) is 5.32 Å². The summed E-state index contributed by atoms with van der Waals surface area (Å²) in [7, 11) is 0. The fourth-order valence-electron chi connectivity index (χ4n) is 2.72. The minimum Gasteiger partial charge on any atom is -0.298 e. The van der Waals surface area contributed by atoms with Crippen LogP contribution in [-0.2, 0) is 6.42 Å². The molecule has 0 radical (unpaired) electrons. The molecule has 0 aliphatic carbocycles. The summed E-state index contributed by atoms with van der Waals surface area (Å²) in [5.74, 6) is -0.238. The first kappa shape index (κ1) is 18.3. The van der Waals surface area contributed by atoms with Crippen LogP contribution >= 0.6 is 22.9 Å². The monoisotopic (exact) mass is 410 g/mol. The molecule has 9 heteroatoms. The largest absolute Gasteiger partial charge is 0.298 e. The van der Waals surface area contributed by atoms with Gasteiger partial charge in [-0.25, -0.2) is 9.67 Å². The van der Waals surface area contributed by atoms with Gasteiger partial charge in [-0.05, 0) is 53.2 Å². The summed E-state index contributed by atoms with van der Waals surface area (Å²) >= 11 is 7.52. The molecule has 4 aromatic rings. The Morgan fingerprint density at radius 3 is 2.86 bits per heavy atom. The number of rotatable bonds is 5. The smallest absolute Gasteiger partial charge is 0.257 e. The lowest BCUT2D eigenvalue weighted by Gasteiger charge is -2.04. The molecular weight excluding hydrogens is 396 g/mol. The Labute approximate surface area is 170 Å². The number of anilines is 1. The number of carbonyl (C=O) groups is 1. The van der Waals surface area contributed by atoms with Gasteiger partial charge in [0.15, 0.2) is 5.13 Å². The van der Waals surface area contributed by atoms with E-state index in [9.17, 15) is 4.79 Å². The molecule has 0 unspecified atom stereocenters. The number of hydrogen-bond donors (Lipinski definition) is 1. The first-order chi connectivity index (χ1) is 13.6. The highest BCUT2D eigenvalue weighted by molar-refractivity contribution is 7.15. The van der Waals surface area contributed by atoms with Gasteiger partial charge in [-0.1, -0.05) is 29.8 Å². The Bertz CT molecular complexity index is 1130. The van der Waals surface area contributed by atoms with E-state index in [2.05, 4.69) is 25.8 Å². The van der Waals surface area contributed by atoms with E-state index < -0.39 is 0 Å². The van der Waals surface area contributed by atoms with Crippen LogP contribution in [0.5, 0.6) is 0 Å². The van der Waals surface area contributed by atoms with Crippen LogP contribution in [0.1, 0.15) is 26.5 Å². The summed E-state index contributed by atoms with van der Waals surface area (Å²) in [5, 5.41) is 15.2. The SMILES string of the molecule is Cc1nc(NC(=O)c2cccc(-n3cnnn3)c2)sc1Cc1cccc(Cl)c1. The first-order valence-corrected chi connectivity index (χ1v) is 9.63. The molecule has 0 spiro atoms. The van der Waals surface area contributed by atoms with E-state index in [0.29, 0.717) is 27.8 Å². The molecule has 0 saturated heterocycles. The summed E-state index contributed by atoms with van der Waals surface area (Å²) < 4.78 is 1.49. The number of aromatic nitrogens is 5. The number of tetrazole rings is 1. The second-order valence-electron chi connectivity index (χ2n) is 6.09. The molecule has 0 atom stereocenters. The molecule has 140 valence electrons. The molecule has 0 aliphatic heterocycles. The van der Waals surface area contributed by atoms with E-state index in [1.807, 2.05) is 37.3 Å². The van der Waals surface area contributed by atoms with Gasteiger partial charge in [0.25, 0.3) is 5.91 Å². The Kier molecular flexibility index (Phi) is 5.14. The third-order valence-corrected chi connectivity index (χ3v) is 5.40. The maximum atomic E-state index is 12.6. The third kappa shape index (κ3) is 4.08. The molecule has 2 aromatic carbocycles. The van der Waals surface area contributed by atoms with Gasteiger partial charge in [0, 0.05) is 21.9 Å². The van der Waals surface area contributed by atoms with Crippen LogP contribution in [0.2, 0.25) is 5.02 Å². The Morgan fingerprint density at radius 1 is 1.21 bits per heavy atom. The van der Waals surface area contributed by atoms with E-state index in [0.717, 1.165) is 16.1 Å². The molecule has 0 bridgehead atoms.